The fourth-order valence-electron chi connectivity index (χ4n) is 3.16. The molecule has 1 aromatic carbocycles. The number of hydrogen-bond donors (Lipinski definition) is 1. The number of likely N-dealkylation sites (tertiary alicyclic amines) is 1. The number of nitrogens with zero attached hydrogens (tertiary/aromatic N) is 5. The van der Waals surface area contributed by atoms with Crippen LogP contribution in [0.4, 0.5) is 0 Å². The zero-order chi connectivity index (χ0) is 16.5. The van der Waals surface area contributed by atoms with Gasteiger partial charge in [0.2, 0.25) is 0 Å². The van der Waals surface area contributed by atoms with Crippen LogP contribution in [0.3, 0.4) is 0 Å². The highest BCUT2D eigenvalue weighted by atomic mass is 35.5. The summed E-state index contributed by atoms with van der Waals surface area (Å²) in [6.45, 7) is 3.98. The second-order valence-electron chi connectivity index (χ2n) is 6.10. The molecule has 1 fully saturated rings. The molecule has 0 unspecified atom stereocenters. The van der Waals surface area contributed by atoms with Gasteiger partial charge in [0.1, 0.15) is 6.33 Å². The fraction of sp³-hybridized carbons (Fsp3) is 0.375. The first-order valence-electron chi connectivity index (χ1n) is 8.13. The van der Waals surface area contributed by atoms with Gasteiger partial charge in [-0.05, 0) is 24.3 Å². The Kier molecular flexibility index (Phi) is 4.03. The molecule has 0 aliphatic carbocycles. The second-order valence-corrected chi connectivity index (χ2v) is 6.54. The number of nitrogens with one attached hydrogen (secondary N) is 1. The number of benzene rings is 1. The molecule has 1 aliphatic rings. The van der Waals surface area contributed by atoms with Crippen molar-refractivity contribution in [1.29, 1.82) is 0 Å². The first-order valence-corrected chi connectivity index (χ1v) is 8.50. The molecule has 0 amide bonds. The molecule has 8 heteroatoms. The molecule has 0 saturated carbocycles. The van der Waals surface area contributed by atoms with E-state index in [1.807, 2.05) is 12.1 Å². The van der Waals surface area contributed by atoms with Crippen molar-refractivity contribution in [1.82, 2.24) is 24.5 Å². The Morgan fingerprint density at radius 2 is 1.92 bits per heavy atom. The summed E-state index contributed by atoms with van der Waals surface area (Å²) in [6.07, 6.45) is 4.14. The molecule has 3 heterocycles. The molecule has 7 nitrogen and oxygen atoms in total. The Balaban J connectivity index is 1.65. The SMILES string of the molecule is O=c1c2nnn(-c3ccc(Cl)cc3)c2ncn1CC[NH+]1CCCC1. The Morgan fingerprint density at radius 3 is 2.67 bits per heavy atom. The maximum Gasteiger partial charge on any atom is 0.283 e. The van der Waals surface area contributed by atoms with E-state index in [4.69, 9.17) is 11.6 Å². The largest absolute Gasteiger partial charge is 0.333 e. The van der Waals surface area contributed by atoms with Gasteiger partial charge >= 0.3 is 0 Å². The second kappa shape index (κ2) is 6.33. The molecule has 0 atom stereocenters. The van der Waals surface area contributed by atoms with Crippen molar-refractivity contribution in [3.8, 4) is 5.69 Å². The van der Waals surface area contributed by atoms with Gasteiger partial charge in [-0.25, -0.2) is 4.98 Å². The maximum atomic E-state index is 12.6. The molecule has 1 N–H and O–H groups in total. The summed E-state index contributed by atoms with van der Waals surface area (Å²) in [6, 6.07) is 7.18. The van der Waals surface area contributed by atoms with Crippen molar-refractivity contribution in [3.63, 3.8) is 0 Å². The van der Waals surface area contributed by atoms with Crippen LogP contribution in [0.15, 0.2) is 35.4 Å². The molecular weight excluding hydrogens is 328 g/mol. The number of halogens is 1. The average molecular weight is 346 g/mol. The maximum absolute atomic E-state index is 12.6. The lowest BCUT2D eigenvalue weighted by atomic mass is 10.3. The van der Waals surface area contributed by atoms with Gasteiger partial charge in [-0.15, -0.1) is 5.10 Å². The molecule has 1 saturated heterocycles. The van der Waals surface area contributed by atoms with E-state index in [1.165, 1.54) is 25.9 Å². The minimum Gasteiger partial charge on any atom is -0.333 e. The summed E-state index contributed by atoms with van der Waals surface area (Å²) >= 11 is 5.91. The van der Waals surface area contributed by atoms with Crippen molar-refractivity contribution in [2.45, 2.75) is 19.4 Å². The molecule has 24 heavy (non-hydrogen) atoms. The molecule has 4 rings (SSSR count). The van der Waals surface area contributed by atoms with Crippen LogP contribution in [0.5, 0.6) is 0 Å². The quantitative estimate of drug-likeness (QED) is 0.739. The van der Waals surface area contributed by atoms with Gasteiger partial charge in [0, 0.05) is 17.9 Å². The normalized spacial score (nSPS) is 15.4. The summed E-state index contributed by atoms with van der Waals surface area (Å²) < 4.78 is 3.19. The van der Waals surface area contributed by atoms with Crippen molar-refractivity contribution in [2.75, 3.05) is 19.6 Å². The van der Waals surface area contributed by atoms with Crippen LogP contribution in [-0.4, -0.2) is 44.2 Å². The third-order valence-corrected chi connectivity index (χ3v) is 4.77. The first-order chi connectivity index (χ1) is 11.7. The minimum absolute atomic E-state index is 0.140. The van der Waals surface area contributed by atoms with E-state index < -0.39 is 0 Å². The Hall–Kier alpha value is -2.25. The van der Waals surface area contributed by atoms with E-state index in [2.05, 4.69) is 15.3 Å². The van der Waals surface area contributed by atoms with Crippen molar-refractivity contribution in [2.24, 2.45) is 0 Å². The molecular formula is C16H18ClN6O+. The van der Waals surface area contributed by atoms with Gasteiger partial charge in [0.25, 0.3) is 5.56 Å². The Morgan fingerprint density at radius 1 is 1.17 bits per heavy atom. The smallest absolute Gasteiger partial charge is 0.283 e. The summed E-state index contributed by atoms with van der Waals surface area (Å²) in [5.74, 6) is 0. The molecule has 3 aromatic rings. The molecule has 2 aromatic heterocycles. The molecule has 0 spiro atoms. The van der Waals surface area contributed by atoms with Gasteiger partial charge in [-0.1, -0.05) is 16.8 Å². The van der Waals surface area contributed by atoms with Crippen LogP contribution in [0.25, 0.3) is 16.9 Å². The van der Waals surface area contributed by atoms with Crippen molar-refractivity contribution >= 4 is 22.8 Å². The lowest BCUT2D eigenvalue weighted by molar-refractivity contribution is -0.888. The van der Waals surface area contributed by atoms with Crippen molar-refractivity contribution < 1.29 is 4.90 Å². The van der Waals surface area contributed by atoms with Crippen LogP contribution in [0, 0.1) is 0 Å². The highest BCUT2D eigenvalue weighted by Gasteiger charge is 2.17. The molecule has 0 bridgehead atoms. The molecule has 0 radical (unpaired) electrons. The fourth-order valence-corrected chi connectivity index (χ4v) is 3.29. The van der Waals surface area contributed by atoms with Gasteiger partial charge in [-0.3, -0.25) is 9.36 Å². The van der Waals surface area contributed by atoms with E-state index in [1.54, 1.807) is 32.6 Å². The summed E-state index contributed by atoms with van der Waals surface area (Å²) in [5, 5.41) is 8.75. The Labute approximate surface area is 143 Å². The highest BCUT2D eigenvalue weighted by molar-refractivity contribution is 6.30. The standard InChI is InChI=1S/C16H17ClN6O/c17-12-3-5-13(6-4-12)23-15-14(19-20-23)16(24)22(11-18-15)10-9-21-7-1-2-8-21/h3-6,11H,1-2,7-10H2/p+1. The van der Waals surface area contributed by atoms with Crippen LogP contribution < -0.4 is 10.5 Å². The highest BCUT2D eigenvalue weighted by Crippen LogP contribution is 2.15. The number of rotatable bonds is 4. The van der Waals surface area contributed by atoms with Crippen LogP contribution in [0.2, 0.25) is 5.02 Å². The number of aromatic nitrogens is 5. The van der Waals surface area contributed by atoms with E-state index >= 15 is 0 Å². The molecule has 124 valence electrons. The van der Waals surface area contributed by atoms with E-state index in [0.717, 1.165) is 12.2 Å². The van der Waals surface area contributed by atoms with E-state index in [9.17, 15) is 4.79 Å². The van der Waals surface area contributed by atoms with E-state index in [-0.39, 0.29) is 5.56 Å². The van der Waals surface area contributed by atoms with Gasteiger partial charge in [-0.2, -0.15) is 4.68 Å². The lowest BCUT2D eigenvalue weighted by Crippen LogP contribution is -3.10. The zero-order valence-electron chi connectivity index (χ0n) is 13.2. The summed E-state index contributed by atoms with van der Waals surface area (Å²) in [7, 11) is 0. The third kappa shape index (κ3) is 2.81. The number of quaternary nitrogens is 1. The topological polar surface area (TPSA) is 70.0 Å². The summed E-state index contributed by atoms with van der Waals surface area (Å²) in [4.78, 5) is 18.6. The van der Waals surface area contributed by atoms with E-state index in [0.29, 0.717) is 22.7 Å². The van der Waals surface area contributed by atoms with Gasteiger partial charge < -0.3 is 4.90 Å². The van der Waals surface area contributed by atoms with Gasteiger partial charge in [0.15, 0.2) is 11.2 Å². The first kappa shape index (κ1) is 15.3. The molecule has 1 aliphatic heterocycles. The number of fused-ring (bicyclic) bond motifs is 1. The van der Waals surface area contributed by atoms with Crippen LogP contribution in [-0.2, 0) is 6.54 Å². The lowest BCUT2D eigenvalue weighted by Gasteiger charge is -2.12. The Bertz CT molecular complexity index is 910. The third-order valence-electron chi connectivity index (χ3n) is 4.52. The van der Waals surface area contributed by atoms with Crippen molar-refractivity contribution in [3.05, 3.63) is 46.0 Å². The average Bonchev–Trinajstić information content (AvgIpc) is 3.25. The predicted molar refractivity (Wildman–Crippen MR) is 90.7 cm³/mol. The number of hydrogen-bond acceptors (Lipinski definition) is 4. The van der Waals surface area contributed by atoms with Crippen LogP contribution >= 0.6 is 11.6 Å². The summed E-state index contributed by atoms with van der Waals surface area (Å²) in [5.41, 5.74) is 1.39. The zero-order valence-corrected chi connectivity index (χ0v) is 13.9. The van der Waals surface area contributed by atoms with Gasteiger partial charge in [0.05, 0.1) is 31.9 Å². The van der Waals surface area contributed by atoms with Crippen LogP contribution in [0.1, 0.15) is 12.8 Å². The minimum atomic E-state index is -0.140. The predicted octanol–water partition coefficient (Wildman–Crippen LogP) is 0.309. The monoisotopic (exact) mass is 345 g/mol.